The van der Waals surface area contributed by atoms with Crippen molar-refractivity contribution < 1.29 is 13.1 Å². The third kappa shape index (κ3) is 7.75. The molecule has 1 aromatic carbocycles. The Hall–Kier alpha value is -3.51. The van der Waals surface area contributed by atoms with Gasteiger partial charge >= 0.3 is 0 Å². The maximum Gasteiger partial charge on any atom is 0.179 e. The van der Waals surface area contributed by atoms with Crippen molar-refractivity contribution in [3.8, 4) is 0 Å². The number of halogens is 1. The van der Waals surface area contributed by atoms with Crippen LogP contribution in [0, 0.1) is 11.2 Å². The fourth-order valence-electron chi connectivity index (χ4n) is 2.63. The van der Waals surface area contributed by atoms with E-state index in [0.717, 1.165) is 0 Å². The first-order valence-corrected chi connectivity index (χ1v) is 14.2. The number of hydrogen-bond donors (Lipinski definition) is 3. The molecule has 0 saturated carbocycles. The van der Waals surface area contributed by atoms with Crippen LogP contribution in [0.2, 0.25) is 0 Å². The molecule has 9 nitrogen and oxygen atoms in total. The summed E-state index contributed by atoms with van der Waals surface area (Å²) in [7, 11) is -1.99. The molecule has 3 aromatic rings. The van der Waals surface area contributed by atoms with Crippen LogP contribution in [0.15, 0.2) is 58.4 Å². The Kier molecular flexibility index (Phi) is 9.10. The maximum atomic E-state index is 14.1. The van der Waals surface area contributed by atoms with Gasteiger partial charge in [-0.15, -0.1) is 0 Å². The molecule has 2 heterocycles. The average Bonchev–Trinajstić information content (AvgIpc) is 3.37. The first kappa shape index (κ1) is 29.1. The number of allylic oxidation sites excluding steroid dienone is 1. The summed E-state index contributed by atoms with van der Waals surface area (Å²) in [5.74, 6) is 4.11. The Bertz CT molecular complexity index is 1410. The number of hydrogen-bond acceptors (Lipinski definition) is 8. The predicted octanol–water partition coefficient (Wildman–Crippen LogP) is 5.83. The van der Waals surface area contributed by atoms with Gasteiger partial charge in [0.25, 0.3) is 0 Å². The highest BCUT2D eigenvalue weighted by atomic mass is 32.2. The molecule has 0 spiro atoms. The third-order valence-electron chi connectivity index (χ3n) is 4.98. The van der Waals surface area contributed by atoms with E-state index < -0.39 is 32.2 Å². The standard InChI is InChI=1S/C26H32FN7O2S2/c1-25(2,3)37(7)33-22-16-30-23(31-24(22)34-38(35)26(4,5)6)19(28)14-21(20-12-13-36-32-20)29-15-17-10-8-9-11-18(17)27/h8-16,28,33H,7H2,1-6H3,(H,30,31,34)/b21-14-,28-19?,29-15?. The first-order chi connectivity index (χ1) is 17.8. The van der Waals surface area contributed by atoms with Gasteiger partial charge in [-0.25, -0.2) is 18.6 Å². The van der Waals surface area contributed by atoms with E-state index in [1.165, 1.54) is 30.8 Å². The van der Waals surface area contributed by atoms with Crippen molar-refractivity contribution in [2.45, 2.75) is 51.0 Å². The average molecular weight is 558 g/mol. The van der Waals surface area contributed by atoms with E-state index in [1.54, 1.807) is 24.3 Å². The van der Waals surface area contributed by atoms with E-state index in [1.807, 2.05) is 20.8 Å². The summed E-state index contributed by atoms with van der Waals surface area (Å²) in [6.07, 6.45) is 5.65. The lowest BCUT2D eigenvalue weighted by molar-refractivity contribution is 0.417. The minimum absolute atomic E-state index is 0.0609. The Morgan fingerprint density at radius 2 is 1.84 bits per heavy atom. The highest BCUT2D eigenvalue weighted by Gasteiger charge is 2.23. The van der Waals surface area contributed by atoms with E-state index in [0.29, 0.717) is 11.4 Å². The number of rotatable bonds is 9. The molecule has 0 bridgehead atoms. The molecule has 0 radical (unpaired) electrons. The van der Waals surface area contributed by atoms with Crippen molar-refractivity contribution in [1.82, 2.24) is 15.1 Å². The van der Waals surface area contributed by atoms with Crippen LogP contribution in [0.25, 0.3) is 5.70 Å². The van der Waals surface area contributed by atoms with Gasteiger partial charge in [-0.2, -0.15) is 0 Å². The molecule has 12 heteroatoms. The van der Waals surface area contributed by atoms with Crippen LogP contribution < -0.4 is 9.44 Å². The molecule has 0 saturated heterocycles. The molecule has 38 heavy (non-hydrogen) atoms. The van der Waals surface area contributed by atoms with Crippen LogP contribution >= 0.6 is 10.7 Å². The molecule has 0 aliphatic carbocycles. The number of aliphatic imine (C=N–C) groups is 1. The lowest BCUT2D eigenvalue weighted by Gasteiger charge is -2.26. The number of aromatic nitrogens is 3. The number of benzene rings is 1. The van der Waals surface area contributed by atoms with Crippen molar-refractivity contribution in [2.75, 3.05) is 9.44 Å². The minimum Gasteiger partial charge on any atom is -0.364 e. The Balaban J connectivity index is 2.01. The Morgan fingerprint density at radius 1 is 1.13 bits per heavy atom. The summed E-state index contributed by atoms with van der Waals surface area (Å²) in [5.41, 5.74) is 1.30. The van der Waals surface area contributed by atoms with Crippen molar-refractivity contribution >= 4 is 56.7 Å². The zero-order valence-corrected chi connectivity index (χ0v) is 23.8. The van der Waals surface area contributed by atoms with Crippen molar-refractivity contribution in [2.24, 2.45) is 4.99 Å². The fourth-order valence-corrected chi connectivity index (χ4v) is 3.99. The Labute approximate surface area is 227 Å². The summed E-state index contributed by atoms with van der Waals surface area (Å²) < 4.78 is 37.5. The molecular formula is C26H32FN7O2S2. The quantitative estimate of drug-likeness (QED) is 0.224. The van der Waals surface area contributed by atoms with E-state index in [9.17, 15) is 8.60 Å². The van der Waals surface area contributed by atoms with Gasteiger partial charge in [-0.1, -0.05) is 39.9 Å². The molecule has 0 amide bonds. The zero-order valence-electron chi connectivity index (χ0n) is 22.2. The predicted molar refractivity (Wildman–Crippen MR) is 157 cm³/mol. The van der Waals surface area contributed by atoms with Gasteiger partial charge in [0.05, 0.1) is 16.6 Å². The maximum absolute atomic E-state index is 14.1. The van der Waals surface area contributed by atoms with Crippen LogP contribution in [0.5, 0.6) is 0 Å². The first-order valence-electron chi connectivity index (χ1n) is 11.6. The molecule has 0 aliphatic rings. The highest BCUT2D eigenvalue weighted by Crippen LogP contribution is 2.33. The molecule has 3 N–H and O–H groups in total. The lowest BCUT2D eigenvalue weighted by Crippen LogP contribution is -2.28. The molecule has 2 aromatic heterocycles. The van der Waals surface area contributed by atoms with Crippen molar-refractivity contribution in [3.05, 3.63) is 71.8 Å². The zero-order chi connectivity index (χ0) is 28.1. The van der Waals surface area contributed by atoms with Crippen molar-refractivity contribution in [1.29, 1.82) is 5.41 Å². The summed E-state index contributed by atoms with van der Waals surface area (Å²) in [6, 6.07) is 7.78. The monoisotopic (exact) mass is 557 g/mol. The van der Waals surface area contributed by atoms with Gasteiger partial charge < -0.3 is 9.25 Å². The molecule has 2 unspecified atom stereocenters. The lowest BCUT2D eigenvalue weighted by atomic mass is 10.2. The number of nitrogens with one attached hydrogen (secondary N) is 3. The van der Waals surface area contributed by atoms with E-state index in [2.05, 4.69) is 56.2 Å². The van der Waals surface area contributed by atoms with Gasteiger partial charge in [0.1, 0.15) is 40.2 Å². The SMILES string of the molecule is C=S(Nc1cnc(C(=N)/C=C(\N=Cc2ccccc2F)c2ccon2)nc1NS(=O)C(C)(C)C)C(C)(C)C. The van der Waals surface area contributed by atoms with Crippen LogP contribution in [0.1, 0.15) is 58.6 Å². The van der Waals surface area contributed by atoms with Gasteiger partial charge in [0, 0.05) is 22.6 Å². The smallest absolute Gasteiger partial charge is 0.179 e. The molecule has 0 aliphatic heterocycles. The minimum atomic E-state index is -1.48. The van der Waals surface area contributed by atoms with Crippen LogP contribution in [-0.2, 0) is 11.0 Å². The largest absolute Gasteiger partial charge is 0.364 e. The van der Waals surface area contributed by atoms with E-state index >= 15 is 0 Å². The van der Waals surface area contributed by atoms with Crippen molar-refractivity contribution in [3.63, 3.8) is 0 Å². The fraction of sp³-hybridized carbons (Fsp3) is 0.308. The van der Waals surface area contributed by atoms with Crippen LogP contribution in [-0.4, -0.2) is 46.6 Å². The summed E-state index contributed by atoms with van der Waals surface area (Å²) in [4.78, 5) is 13.2. The molecule has 202 valence electrons. The normalized spacial score (nSPS) is 14.3. The van der Waals surface area contributed by atoms with Gasteiger partial charge in [-0.05, 0) is 53.7 Å². The second kappa shape index (κ2) is 11.9. The van der Waals surface area contributed by atoms with E-state index in [-0.39, 0.29) is 33.4 Å². The van der Waals surface area contributed by atoms with Crippen LogP contribution in [0.4, 0.5) is 15.9 Å². The second-order valence-electron chi connectivity index (χ2n) is 10.2. The number of anilines is 2. The molecular weight excluding hydrogens is 525 g/mol. The Morgan fingerprint density at radius 3 is 2.45 bits per heavy atom. The molecule has 3 rings (SSSR count). The molecule has 0 fully saturated rings. The third-order valence-corrected chi connectivity index (χ3v) is 8.41. The topological polar surface area (TPSA) is 129 Å². The summed E-state index contributed by atoms with van der Waals surface area (Å²) >= 11 is 0. The second-order valence-corrected chi connectivity index (χ2v) is 14.3. The van der Waals surface area contributed by atoms with E-state index in [4.69, 9.17) is 9.93 Å². The summed E-state index contributed by atoms with van der Waals surface area (Å²) in [5, 5.41) is 12.6. The van der Waals surface area contributed by atoms with Gasteiger partial charge in [0.2, 0.25) is 0 Å². The highest BCUT2D eigenvalue weighted by molar-refractivity contribution is 8.16. The summed E-state index contributed by atoms with van der Waals surface area (Å²) in [6.45, 7) is 11.7. The number of nitrogens with zero attached hydrogens (tertiary/aromatic N) is 4. The van der Waals surface area contributed by atoms with Gasteiger partial charge in [-0.3, -0.25) is 15.1 Å². The van der Waals surface area contributed by atoms with Crippen LogP contribution in [0.3, 0.4) is 0 Å². The van der Waals surface area contributed by atoms with Gasteiger partial charge in [0.15, 0.2) is 11.6 Å². The molecule has 2 atom stereocenters.